The van der Waals surface area contributed by atoms with Crippen molar-refractivity contribution in [1.29, 1.82) is 0 Å². The van der Waals surface area contributed by atoms with E-state index in [1.54, 1.807) is 0 Å². The Bertz CT molecular complexity index is 185. The van der Waals surface area contributed by atoms with Gasteiger partial charge in [0, 0.05) is 17.9 Å². The summed E-state index contributed by atoms with van der Waals surface area (Å²) in [6, 6.07) is 0.905. The van der Waals surface area contributed by atoms with Crippen LogP contribution in [0.3, 0.4) is 0 Å². The zero-order chi connectivity index (χ0) is 11.5. The van der Waals surface area contributed by atoms with E-state index in [0.29, 0.717) is 5.41 Å². The SMILES string of the molecule is CC(C)CCN(CC(C)(C)CBr)C1CC1. The zero-order valence-electron chi connectivity index (χ0n) is 10.7. The second-order valence-corrected chi connectivity index (χ2v) is 6.74. The highest BCUT2D eigenvalue weighted by Gasteiger charge is 2.32. The highest BCUT2D eigenvalue weighted by atomic mass is 79.9. The summed E-state index contributed by atoms with van der Waals surface area (Å²) < 4.78 is 0. The first-order valence-electron chi connectivity index (χ1n) is 6.24. The molecule has 0 aliphatic heterocycles. The van der Waals surface area contributed by atoms with Gasteiger partial charge in [-0.2, -0.15) is 0 Å². The predicted molar refractivity (Wildman–Crippen MR) is 71.6 cm³/mol. The van der Waals surface area contributed by atoms with Gasteiger partial charge in [0.25, 0.3) is 0 Å². The molecule has 2 heteroatoms. The van der Waals surface area contributed by atoms with Crippen LogP contribution < -0.4 is 0 Å². The lowest BCUT2D eigenvalue weighted by Crippen LogP contribution is -2.37. The van der Waals surface area contributed by atoms with Crippen molar-refractivity contribution in [3.63, 3.8) is 0 Å². The van der Waals surface area contributed by atoms with E-state index in [4.69, 9.17) is 0 Å². The first-order valence-corrected chi connectivity index (χ1v) is 7.37. The molecule has 1 fully saturated rings. The van der Waals surface area contributed by atoms with E-state index in [9.17, 15) is 0 Å². The van der Waals surface area contributed by atoms with Crippen LogP contribution >= 0.6 is 15.9 Å². The molecule has 0 radical (unpaired) electrons. The Balaban J connectivity index is 2.37. The first-order chi connectivity index (χ1) is 6.94. The molecule has 90 valence electrons. The van der Waals surface area contributed by atoms with Gasteiger partial charge in [0.15, 0.2) is 0 Å². The van der Waals surface area contributed by atoms with Gasteiger partial charge in [-0.15, -0.1) is 0 Å². The molecule has 0 atom stereocenters. The summed E-state index contributed by atoms with van der Waals surface area (Å²) in [4.78, 5) is 2.71. The van der Waals surface area contributed by atoms with E-state index >= 15 is 0 Å². The van der Waals surface area contributed by atoms with Gasteiger partial charge in [-0.3, -0.25) is 4.90 Å². The lowest BCUT2D eigenvalue weighted by atomic mass is 9.95. The number of hydrogen-bond donors (Lipinski definition) is 0. The summed E-state index contributed by atoms with van der Waals surface area (Å²) >= 11 is 3.62. The van der Waals surface area contributed by atoms with Crippen molar-refractivity contribution < 1.29 is 0 Å². The molecule has 0 spiro atoms. The fourth-order valence-electron chi connectivity index (χ4n) is 1.85. The van der Waals surface area contributed by atoms with E-state index in [-0.39, 0.29) is 0 Å². The van der Waals surface area contributed by atoms with Crippen molar-refractivity contribution in [2.75, 3.05) is 18.4 Å². The maximum absolute atomic E-state index is 3.62. The van der Waals surface area contributed by atoms with Gasteiger partial charge in [-0.25, -0.2) is 0 Å². The highest BCUT2D eigenvalue weighted by Crippen LogP contribution is 2.31. The molecule has 1 saturated carbocycles. The van der Waals surface area contributed by atoms with Crippen molar-refractivity contribution in [3.8, 4) is 0 Å². The topological polar surface area (TPSA) is 3.24 Å². The van der Waals surface area contributed by atoms with Crippen molar-refractivity contribution in [3.05, 3.63) is 0 Å². The summed E-state index contributed by atoms with van der Waals surface area (Å²) in [5.41, 5.74) is 0.416. The van der Waals surface area contributed by atoms with E-state index in [2.05, 4.69) is 48.5 Å². The third kappa shape index (κ3) is 5.35. The van der Waals surface area contributed by atoms with Crippen molar-refractivity contribution in [2.45, 2.75) is 53.0 Å². The van der Waals surface area contributed by atoms with Crippen LogP contribution in [0, 0.1) is 11.3 Å². The molecule has 0 saturated heterocycles. The molecule has 0 aromatic heterocycles. The molecule has 0 aromatic rings. The maximum Gasteiger partial charge on any atom is 0.00966 e. The lowest BCUT2D eigenvalue weighted by Gasteiger charge is -2.32. The summed E-state index contributed by atoms with van der Waals surface area (Å²) in [6.07, 6.45) is 4.20. The molecule has 1 aliphatic rings. The quantitative estimate of drug-likeness (QED) is 0.637. The van der Waals surface area contributed by atoms with Crippen molar-refractivity contribution in [1.82, 2.24) is 4.90 Å². The Morgan fingerprint density at radius 2 is 1.93 bits per heavy atom. The average Bonchev–Trinajstić information content (AvgIpc) is 2.95. The lowest BCUT2D eigenvalue weighted by molar-refractivity contribution is 0.178. The molecule has 0 amide bonds. The van der Waals surface area contributed by atoms with Gasteiger partial charge in [-0.1, -0.05) is 43.6 Å². The molecule has 0 unspecified atom stereocenters. The van der Waals surface area contributed by atoms with Crippen molar-refractivity contribution in [2.24, 2.45) is 11.3 Å². The summed E-state index contributed by atoms with van der Waals surface area (Å²) in [7, 11) is 0. The fourth-order valence-corrected chi connectivity index (χ4v) is 2.02. The summed E-state index contributed by atoms with van der Waals surface area (Å²) in [5.74, 6) is 0.832. The normalized spacial score (nSPS) is 17.8. The van der Waals surface area contributed by atoms with E-state index in [1.165, 1.54) is 32.4 Å². The second kappa shape index (κ2) is 5.67. The smallest absolute Gasteiger partial charge is 0.00966 e. The van der Waals surface area contributed by atoms with Crippen LogP contribution in [-0.4, -0.2) is 29.4 Å². The first kappa shape index (κ1) is 13.5. The standard InChI is InChI=1S/C13H26BrN/c1-11(2)7-8-15(12-5-6-12)10-13(3,4)9-14/h11-12H,5-10H2,1-4H3. The Morgan fingerprint density at radius 3 is 2.33 bits per heavy atom. The van der Waals surface area contributed by atoms with Crippen LogP contribution in [0.5, 0.6) is 0 Å². The van der Waals surface area contributed by atoms with Crippen LogP contribution in [0.25, 0.3) is 0 Å². The number of alkyl halides is 1. The Labute approximate surface area is 104 Å². The van der Waals surface area contributed by atoms with Crippen LogP contribution in [0.2, 0.25) is 0 Å². The minimum Gasteiger partial charge on any atom is -0.300 e. The third-order valence-corrected chi connectivity index (χ3v) is 4.57. The Morgan fingerprint density at radius 1 is 1.33 bits per heavy atom. The molecule has 1 aliphatic carbocycles. The molecular weight excluding hydrogens is 250 g/mol. The van der Waals surface area contributed by atoms with Crippen LogP contribution in [0.1, 0.15) is 47.0 Å². The molecular formula is C13H26BrN. The van der Waals surface area contributed by atoms with Crippen LogP contribution in [0.4, 0.5) is 0 Å². The molecule has 0 bridgehead atoms. The molecule has 0 N–H and O–H groups in total. The third-order valence-electron chi connectivity index (χ3n) is 3.05. The van der Waals surface area contributed by atoms with E-state index in [0.717, 1.165) is 17.3 Å². The predicted octanol–water partition coefficient (Wildman–Crippen LogP) is 3.92. The number of halogens is 1. The van der Waals surface area contributed by atoms with Gasteiger partial charge < -0.3 is 0 Å². The minimum absolute atomic E-state index is 0.416. The minimum atomic E-state index is 0.416. The number of hydrogen-bond acceptors (Lipinski definition) is 1. The summed E-state index contributed by atoms with van der Waals surface area (Å²) in [6.45, 7) is 11.9. The van der Waals surface area contributed by atoms with Crippen LogP contribution in [0.15, 0.2) is 0 Å². The van der Waals surface area contributed by atoms with Gasteiger partial charge in [0.05, 0.1) is 0 Å². The molecule has 0 heterocycles. The van der Waals surface area contributed by atoms with Gasteiger partial charge >= 0.3 is 0 Å². The average molecular weight is 276 g/mol. The molecule has 1 nitrogen and oxygen atoms in total. The van der Waals surface area contributed by atoms with Crippen molar-refractivity contribution >= 4 is 15.9 Å². The van der Waals surface area contributed by atoms with Gasteiger partial charge in [-0.05, 0) is 37.1 Å². The number of nitrogens with zero attached hydrogens (tertiary/aromatic N) is 1. The number of rotatable bonds is 7. The Kier molecular flexibility index (Phi) is 5.11. The maximum atomic E-state index is 3.62. The van der Waals surface area contributed by atoms with Gasteiger partial charge in [0.2, 0.25) is 0 Å². The zero-order valence-corrected chi connectivity index (χ0v) is 12.3. The summed E-state index contributed by atoms with van der Waals surface area (Å²) in [5, 5.41) is 1.10. The van der Waals surface area contributed by atoms with Gasteiger partial charge in [0.1, 0.15) is 0 Å². The fraction of sp³-hybridized carbons (Fsp3) is 1.00. The van der Waals surface area contributed by atoms with Crippen LogP contribution in [-0.2, 0) is 0 Å². The monoisotopic (exact) mass is 275 g/mol. The highest BCUT2D eigenvalue weighted by molar-refractivity contribution is 9.09. The Hall–Kier alpha value is 0.440. The van der Waals surface area contributed by atoms with E-state index in [1.807, 2.05) is 0 Å². The molecule has 0 aromatic carbocycles. The largest absolute Gasteiger partial charge is 0.300 e. The molecule has 1 rings (SSSR count). The van der Waals surface area contributed by atoms with E-state index < -0.39 is 0 Å². The second-order valence-electron chi connectivity index (χ2n) is 6.18. The molecule has 15 heavy (non-hydrogen) atoms.